The molecule has 0 aromatic heterocycles. The van der Waals surface area contributed by atoms with Gasteiger partial charge in [-0.1, -0.05) is 23.8 Å². The minimum Gasteiger partial charge on any atom is -0.326 e. The van der Waals surface area contributed by atoms with Crippen molar-refractivity contribution in [1.29, 1.82) is 0 Å². The van der Waals surface area contributed by atoms with Crippen molar-refractivity contribution in [3.8, 4) is 0 Å². The van der Waals surface area contributed by atoms with Gasteiger partial charge in [-0.25, -0.2) is 0 Å². The largest absolute Gasteiger partial charge is 0.413 e. The van der Waals surface area contributed by atoms with Gasteiger partial charge in [-0.3, -0.25) is 0 Å². The van der Waals surface area contributed by atoms with E-state index in [2.05, 4.69) is 0 Å². The van der Waals surface area contributed by atoms with Gasteiger partial charge in [0.1, 0.15) is 0 Å². The Labute approximate surface area is 67.3 Å². The summed E-state index contributed by atoms with van der Waals surface area (Å²) in [6.45, 7) is -0.537. The lowest BCUT2D eigenvalue weighted by Gasteiger charge is -2.07. The number of alkyl halides is 3. The molecule has 1 nitrogen and oxygen atoms in total. The topological polar surface area (TPSA) is 26.0 Å². The average Bonchev–Trinajstić information content (AvgIpc) is 1.87. The van der Waals surface area contributed by atoms with Crippen molar-refractivity contribution in [2.75, 3.05) is 6.54 Å². The van der Waals surface area contributed by atoms with Crippen LogP contribution in [0.4, 0.5) is 13.2 Å². The zero-order valence-corrected chi connectivity index (χ0v) is 6.28. The number of rotatable bonds is 2. The van der Waals surface area contributed by atoms with Crippen LogP contribution in [-0.2, 0) is 0 Å². The van der Waals surface area contributed by atoms with Crippen LogP contribution < -0.4 is 5.73 Å². The molecular formula is C6H7ClF3N. The second-order valence-electron chi connectivity index (χ2n) is 1.71. The Balaban J connectivity index is 4.40. The van der Waals surface area contributed by atoms with Crippen LogP contribution in [-0.4, -0.2) is 12.7 Å². The van der Waals surface area contributed by atoms with Crippen LogP contribution in [0.1, 0.15) is 0 Å². The number of allylic oxidation sites excluding steroid dienone is 2. The summed E-state index contributed by atoms with van der Waals surface area (Å²) in [7, 11) is 0. The molecule has 0 aliphatic carbocycles. The zero-order chi connectivity index (χ0) is 8.91. The fourth-order valence-electron chi connectivity index (χ4n) is 0.431. The fourth-order valence-corrected chi connectivity index (χ4v) is 0.504. The quantitative estimate of drug-likeness (QED) is 0.656. The molecule has 0 saturated heterocycles. The molecule has 0 fully saturated rings. The Morgan fingerprint density at radius 1 is 1.45 bits per heavy atom. The molecule has 0 rings (SSSR count). The van der Waals surface area contributed by atoms with Gasteiger partial charge in [0.05, 0.1) is 0 Å². The number of nitrogens with two attached hydrogens (primary N) is 1. The van der Waals surface area contributed by atoms with E-state index in [-0.39, 0.29) is 0 Å². The van der Waals surface area contributed by atoms with E-state index in [0.717, 1.165) is 17.7 Å². The van der Waals surface area contributed by atoms with E-state index in [9.17, 15) is 13.2 Å². The van der Waals surface area contributed by atoms with Crippen LogP contribution in [0.2, 0.25) is 0 Å². The van der Waals surface area contributed by atoms with Gasteiger partial charge in [0.15, 0.2) is 0 Å². The molecule has 0 radical (unpaired) electrons. The molecule has 0 unspecified atom stereocenters. The lowest BCUT2D eigenvalue weighted by atomic mass is 10.2. The maximum atomic E-state index is 11.8. The SMILES string of the molecule is NC/C(=C\C=C\Cl)C(F)(F)F. The van der Waals surface area contributed by atoms with Gasteiger partial charge in [-0.15, -0.1) is 0 Å². The van der Waals surface area contributed by atoms with Gasteiger partial charge in [0.25, 0.3) is 0 Å². The first-order valence-electron chi connectivity index (χ1n) is 2.75. The highest BCUT2D eigenvalue weighted by atomic mass is 35.5. The Kier molecular flexibility index (Phi) is 4.22. The molecule has 0 spiro atoms. The van der Waals surface area contributed by atoms with Gasteiger partial charge in [-0.2, -0.15) is 13.2 Å². The maximum absolute atomic E-state index is 11.8. The molecule has 2 N–H and O–H groups in total. The van der Waals surface area contributed by atoms with E-state index in [4.69, 9.17) is 17.3 Å². The second-order valence-corrected chi connectivity index (χ2v) is 1.96. The molecule has 64 valence electrons. The van der Waals surface area contributed by atoms with Crippen molar-refractivity contribution in [1.82, 2.24) is 0 Å². The predicted octanol–water partition coefficient (Wildman–Crippen LogP) is 2.19. The van der Waals surface area contributed by atoms with Crippen molar-refractivity contribution in [3.05, 3.63) is 23.3 Å². The average molecular weight is 186 g/mol. The highest BCUT2D eigenvalue weighted by Crippen LogP contribution is 2.24. The molecule has 0 aromatic rings. The Hall–Kier alpha value is -0.480. The number of halogens is 4. The number of hydrogen-bond donors (Lipinski definition) is 1. The highest BCUT2D eigenvalue weighted by molar-refractivity contribution is 6.25. The predicted molar refractivity (Wildman–Crippen MR) is 38.2 cm³/mol. The molecule has 0 bridgehead atoms. The van der Waals surface area contributed by atoms with Gasteiger partial charge >= 0.3 is 6.18 Å². The van der Waals surface area contributed by atoms with E-state index >= 15 is 0 Å². The summed E-state index contributed by atoms with van der Waals surface area (Å²) >= 11 is 5.02. The summed E-state index contributed by atoms with van der Waals surface area (Å²) in [6.07, 6.45) is -2.44. The molecule has 0 saturated carbocycles. The third kappa shape index (κ3) is 4.06. The first-order chi connectivity index (χ1) is 5.02. The standard InChI is InChI=1S/C6H7ClF3N/c7-3-1-2-5(4-11)6(8,9)10/h1-3H,4,11H2/b3-1+,5-2+. The summed E-state index contributed by atoms with van der Waals surface area (Å²) < 4.78 is 35.5. The summed E-state index contributed by atoms with van der Waals surface area (Å²) in [6, 6.07) is 0. The molecule has 0 heterocycles. The third-order valence-electron chi connectivity index (χ3n) is 0.954. The Bertz CT molecular complexity index is 171. The van der Waals surface area contributed by atoms with Gasteiger partial charge in [0, 0.05) is 17.7 Å². The molecule has 11 heavy (non-hydrogen) atoms. The van der Waals surface area contributed by atoms with Crippen molar-refractivity contribution < 1.29 is 13.2 Å². The van der Waals surface area contributed by atoms with Crippen LogP contribution in [0, 0.1) is 0 Å². The molecule has 0 aromatic carbocycles. The summed E-state index contributed by atoms with van der Waals surface area (Å²) in [5, 5.41) is 0. The van der Waals surface area contributed by atoms with E-state index in [1.807, 2.05) is 0 Å². The van der Waals surface area contributed by atoms with E-state index < -0.39 is 18.3 Å². The molecule has 0 aliphatic rings. The van der Waals surface area contributed by atoms with E-state index in [0.29, 0.717) is 0 Å². The van der Waals surface area contributed by atoms with Crippen LogP contribution in [0.15, 0.2) is 23.3 Å². The van der Waals surface area contributed by atoms with Gasteiger partial charge in [0.2, 0.25) is 0 Å². The van der Waals surface area contributed by atoms with Crippen LogP contribution >= 0.6 is 11.6 Å². The van der Waals surface area contributed by atoms with Crippen molar-refractivity contribution in [2.45, 2.75) is 6.18 Å². The molecule has 0 amide bonds. The Morgan fingerprint density at radius 3 is 2.27 bits per heavy atom. The normalized spacial score (nSPS) is 14.5. The lowest BCUT2D eigenvalue weighted by molar-refractivity contribution is -0.0921. The van der Waals surface area contributed by atoms with E-state index in [1.54, 1.807) is 0 Å². The highest BCUT2D eigenvalue weighted by Gasteiger charge is 2.31. The number of hydrogen-bond acceptors (Lipinski definition) is 1. The summed E-state index contributed by atoms with van der Waals surface area (Å²) in [5.41, 5.74) is 5.03. The first-order valence-corrected chi connectivity index (χ1v) is 3.19. The van der Waals surface area contributed by atoms with Gasteiger partial charge in [-0.05, 0) is 0 Å². The second kappa shape index (κ2) is 4.41. The fraction of sp³-hybridized carbons (Fsp3) is 0.333. The maximum Gasteiger partial charge on any atom is 0.413 e. The van der Waals surface area contributed by atoms with Crippen molar-refractivity contribution in [3.63, 3.8) is 0 Å². The molecule has 0 atom stereocenters. The summed E-state index contributed by atoms with van der Waals surface area (Å²) in [4.78, 5) is 0. The Morgan fingerprint density at radius 2 is 2.00 bits per heavy atom. The minimum absolute atomic E-state index is 0.537. The smallest absolute Gasteiger partial charge is 0.326 e. The molecule has 0 aliphatic heterocycles. The van der Waals surface area contributed by atoms with Crippen LogP contribution in [0.25, 0.3) is 0 Å². The monoisotopic (exact) mass is 185 g/mol. The third-order valence-corrected chi connectivity index (χ3v) is 1.10. The van der Waals surface area contributed by atoms with Crippen LogP contribution in [0.5, 0.6) is 0 Å². The minimum atomic E-state index is -4.36. The van der Waals surface area contributed by atoms with E-state index in [1.165, 1.54) is 0 Å². The van der Waals surface area contributed by atoms with Gasteiger partial charge < -0.3 is 5.73 Å². The zero-order valence-electron chi connectivity index (χ0n) is 5.53. The summed E-state index contributed by atoms with van der Waals surface area (Å²) in [5.74, 6) is 0. The van der Waals surface area contributed by atoms with Crippen molar-refractivity contribution >= 4 is 11.6 Å². The van der Waals surface area contributed by atoms with Crippen molar-refractivity contribution in [2.24, 2.45) is 5.73 Å². The lowest BCUT2D eigenvalue weighted by Crippen LogP contribution is -2.19. The first kappa shape index (κ1) is 10.5. The molecular weight excluding hydrogens is 179 g/mol. The molecule has 5 heteroatoms. The van der Waals surface area contributed by atoms with Crippen LogP contribution in [0.3, 0.4) is 0 Å².